The predicted molar refractivity (Wildman–Crippen MR) is 61.6 cm³/mol. The van der Waals surface area contributed by atoms with Crippen molar-refractivity contribution in [3.05, 3.63) is 28.6 Å². The summed E-state index contributed by atoms with van der Waals surface area (Å²) in [5, 5.41) is 10.5. The summed E-state index contributed by atoms with van der Waals surface area (Å²) >= 11 is 0. The Morgan fingerprint density at radius 3 is 2.67 bits per heavy atom. The molecular weight excluding hydrogens is 238 g/mol. The maximum atomic E-state index is 8.24. The topological polar surface area (TPSA) is 106 Å². The van der Waals surface area contributed by atoms with Crippen LogP contribution in [0.2, 0.25) is 0 Å². The molecule has 8 heteroatoms. The first-order chi connectivity index (χ1) is 8.78. The number of rotatable bonds is 4. The maximum absolute atomic E-state index is 8.24. The smallest absolute Gasteiger partial charge is 0.304 e. The minimum Gasteiger partial charge on any atom is -0.493 e. The molecule has 0 spiro atoms. The lowest BCUT2D eigenvalue weighted by atomic mass is 10.2. The highest BCUT2D eigenvalue weighted by atomic mass is 16.5. The summed E-state index contributed by atoms with van der Waals surface area (Å²) in [7, 11) is 3.07. The van der Waals surface area contributed by atoms with Crippen molar-refractivity contribution in [2.45, 2.75) is 0 Å². The summed E-state index contributed by atoms with van der Waals surface area (Å²) in [6, 6.07) is 4.99. The number of nitrogens with zero attached hydrogens (tertiary/aromatic N) is 5. The third-order valence-corrected chi connectivity index (χ3v) is 2.18. The van der Waals surface area contributed by atoms with Crippen LogP contribution in [0.4, 0.5) is 6.01 Å². The molecule has 0 radical (unpaired) electrons. The largest absolute Gasteiger partial charge is 0.493 e. The minimum absolute atomic E-state index is 0.137. The van der Waals surface area contributed by atoms with Gasteiger partial charge in [0.25, 0.3) is 0 Å². The van der Waals surface area contributed by atoms with Crippen LogP contribution in [0.15, 0.2) is 27.7 Å². The molecule has 0 unspecified atom stereocenters. The van der Waals surface area contributed by atoms with Gasteiger partial charge in [0.1, 0.15) is 0 Å². The molecule has 0 aliphatic carbocycles. The van der Waals surface area contributed by atoms with Gasteiger partial charge < -0.3 is 13.9 Å². The van der Waals surface area contributed by atoms with Gasteiger partial charge >= 0.3 is 6.01 Å². The summed E-state index contributed by atoms with van der Waals surface area (Å²) in [4.78, 5) is 2.56. The molecule has 2 rings (SSSR count). The van der Waals surface area contributed by atoms with Gasteiger partial charge in [-0.25, -0.2) is 0 Å². The minimum atomic E-state index is -0.137. The van der Waals surface area contributed by atoms with Crippen LogP contribution in [-0.4, -0.2) is 24.4 Å². The van der Waals surface area contributed by atoms with Gasteiger partial charge in [-0.2, -0.15) is 0 Å². The van der Waals surface area contributed by atoms with E-state index in [1.165, 1.54) is 7.11 Å². The van der Waals surface area contributed by atoms with Crippen molar-refractivity contribution in [3.8, 4) is 23.0 Å². The van der Waals surface area contributed by atoms with E-state index in [1.54, 1.807) is 25.3 Å². The summed E-state index contributed by atoms with van der Waals surface area (Å²) < 4.78 is 15.4. The van der Waals surface area contributed by atoms with E-state index in [2.05, 4.69) is 20.2 Å². The molecule has 0 N–H and O–H groups in total. The van der Waals surface area contributed by atoms with E-state index in [-0.39, 0.29) is 11.9 Å². The number of aromatic nitrogens is 2. The number of azide groups is 1. The fraction of sp³-hybridized carbons (Fsp3) is 0.200. The highest BCUT2D eigenvalue weighted by Gasteiger charge is 2.11. The normalized spacial score (nSPS) is 9.67. The van der Waals surface area contributed by atoms with Crippen molar-refractivity contribution in [2.24, 2.45) is 5.11 Å². The fourth-order valence-electron chi connectivity index (χ4n) is 1.38. The Morgan fingerprint density at radius 2 is 2.00 bits per heavy atom. The van der Waals surface area contributed by atoms with E-state index in [0.29, 0.717) is 17.1 Å². The molecule has 8 nitrogen and oxygen atoms in total. The van der Waals surface area contributed by atoms with Crippen molar-refractivity contribution in [1.82, 2.24) is 10.2 Å². The lowest BCUT2D eigenvalue weighted by molar-refractivity contribution is 0.355. The monoisotopic (exact) mass is 247 g/mol. The Hall–Kier alpha value is -2.73. The van der Waals surface area contributed by atoms with Gasteiger partial charge in [0.15, 0.2) is 11.5 Å². The summed E-state index contributed by atoms with van der Waals surface area (Å²) in [6.45, 7) is 0. The Bertz CT molecular complexity index is 603. The number of hydrogen-bond acceptors (Lipinski definition) is 6. The first kappa shape index (κ1) is 11.7. The van der Waals surface area contributed by atoms with E-state index in [1.807, 2.05) is 0 Å². The molecular formula is C10H9N5O3. The van der Waals surface area contributed by atoms with Crippen LogP contribution in [0, 0.1) is 0 Å². The Morgan fingerprint density at radius 1 is 1.22 bits per heavy atom. The van der Waals surface area contributed by atoms with Crippen LogP contribution in [-0.2, 0) is 0 Å². The van der Waals surface area contributed by atoms with Crippen LogP contribution >= 0.6 is 0 Å². The standard InChI is InChI=1S/C10H9N5O3/c1-16-7-4-3-6(5-8(7)17-2)9-12-13-10(18-9)14-15-11/h3-5H,1-2H3. The van der Waals surface area contributed by atoms with E-state index >= 15 is 0 Å². The Kier molecular flexibility index (Phi) is 3.31. The molecule has 0 saturated carbocycles. The van der Waals surface area contributed by atoms with Crippen molar-refractivity contribution >= 4 is 6.01 Å². The average Bonchev–Trinajstić information content (AvgIpc) is 2.87. The Balaban J connectivity index is 2.40. The molecule has 0 fully saturated rings. The molecule has 0 aliphatic rings. The van der Waals surface area contributed by atoms with Gasteiger partial charge in [0.05, 0.1) is 14.2 Å². The second-order valence-electron chi connectivity index (χ2n) is 3.15. The maximum Gasteiger partial charge on any atom is 0.304 e. The quantitative estimate of drug-likeness (QED) is 0.469. The van der Waals surface area contributed by atoms with Crippen molar-refractivity contribution < 1.29 is 13.9 Å². The second-order valence-corrected chi connectivity index (χ2v) is 3.15. The number of methoxy groups -OCH3 is 2. The number of ether oxygens (including phenoxy) is 2. The van der Waals surface area contributed by atoms with Gasteiger partial charge in [-0.05, 0) is 23.7 Å². The zero-order chi connectivity index (χ0) is 13.0. The highest BCUT2D eigenvalue weighted by Crippen LogP contribution is 2.32. The SMILES string of the molecule is COc1ccc(-c2nnc(N=[N+]=[N-])o2)cc1OC. The van der Waals surface area contributed by atoms with Crippen molar-refractivity contribution in [3.63, 3.8) is 0 Å². The van der Waals surface area contributed by atoms with Gasteiger partial charge in [-0.15, -0.1) is 10.2 Å². The third-order valence-electron chi connectivity index (χ3n) is 2.18. The zero-order valence-corrected chi connectivity index (χ0v) is 9.69. The second kappa shape index (κ2) is 5.07. The average molecular weight is 247 g/mol. The molecule has 0 saturated heterocycles. The van der Waals surface area contributed by atoms with Crippen LogP contribution in [0.3, 0.4) is 0 Å². The first-order valence-electron chi connectivity index (χ1n) is 4.89. The Labute approximate surface area is 102 Å². The van der Waals surface area contributed by atoms with Crippen LogP contribution in [0.1, 0.15) is 0 Å². The van der Waals surface area contributed by atoms with Gasteiger partial charge in [-0.3, -0.25) is 0 Å². The van der Waals surface area contributed by atoms with E-state index in [0.717, 1.165) is 0 Å². The van der Waals surface area contributed by atoms with E-state index in [9.17, 15) is 0 Å². The molecule has 0 bridgehead atoms. The molecule has 1 aromatic heterocycles. The zero-order valence-electron chi connectivity index (χ0n) is 9.69. The van der Waals surface area contributed by atoms with E-state index < -0.39 is 0 Å². The number of benzene rings is 1. The molecule has 0 amide bonds. The third kappa shape index (κ3) is 2.18. The molecule has 2 aromatic rings. The highest BCUT2D eigenvalue weighted by molar-refractivity contribution is 5.59. The summed E-state index contributed by atoms with van der Waals surface area (Å²) in [5.41, 5.74) is 8.88. The van der Waals surface area contributed by atoms with Gasteiger partial charge in [0.2, 0.25) is 5.89 Å². The fourth-order valence-corrected chi connectivity index (χ4v) is 1.38. The molecule has 1 aromatic carbocycles. The molecule has 0 aliphatic heterocycles. The van der Waals surface area contributed by atoms with Crippen molar-refractivity contribution in [2.75, 3.05) is 14.2 Å². The van der Waals surface area contributed by atoms with Crippen molar-refractivity contribution in [1.29, 1.82) is 0 Å². The first-order valence-corrected chi connectivity index (χ1v) is 4.89. The lowest BCUT2D eigenvalue weighted by Crippen LogP contribution is -1.90. The molecule has 92 valence electrons. The lowest BCUT2D eigenvalue weighted by Gasteiger charge is -2.07. The molecule has 18 heavy (non-hydrogen) atoms. The van der Waals surface area contributed by atoms with Gasteiger partial charge in [-0.1, -0.05) is 0 Å². The number of hydrogen-bond donors (Lipinski definition) is 0. The summed E-state index contributed by atoms with van der Waals surface area (Å²) in [6.07, 6.45) is 0. The van der Waals surface area contributed by atoms with Gasteiger partial charge in [0, 0.05) is 15.6 Å². The summed E-state index contributed by atoms with van der Waals surface area (Å²) in [5.74, 6) is 1.37. The van der Waals surface area contributed by atoms with Crippen LogP contribution in [0.25, 0.3) is 21.9 Å². The van der Waals surface area contributed by atoms with Crippen LogP contribution < -0.4 is 9.47 Å². The van der Waals surface area contributed by atoms with Crippen LogP contribution in [0.5, 0.6) is 11.5 Å². The molecule has 0 atom stereocenters. The predicted octanol–water partition coefficient (Wildman–Crippen LogP) is 2.70. The molecule has 1 heterocycles. The van der Waals surface area contributed by atoms with E-state index in [4.69, 9.17) is 19.4 Å².